The number of benzene rings is 1. The molecule has 0 fully saturated rings. The van der Waals surface area contributed by atoms with Crippen LogP contribution in [0.15, 0.2) is 12.1 Å². The summed E-state index contributed by atoms with van der Waals surface area (Å²) in [6, 6.07) is 2.34. The van der Waals surface area contributed by atoms with Crippen molar-refractivity contribution in [2.75, 3.05) is 5.88 Å². The molecule has 0 saturated carbocycles. The topological polar surface area (TPSA) is 60.2 Å². The monoisotopic (exact) mass is 231 g/mol. The standard InChI is InChI=1S/C9H7ClFNO3/c1-5-2-3-6(12(14)15)8(9(5)11)7(13)4-10/h2-3H,4H2,1H3. The molecule has 0 spiro atoms. The highest BCUT2D eigenvalue weighted by Gasteiger charge is 2.24. The maximum absolute atomic E-state index is 13.5. The van der Waals surface area contributed by atoms with Crippen LogP contribution in [0.3, 0.4) is 0 Å². The second kappa shape index (κ2) is 4.35. The SMILES string of the molecule is Cc1ccc([N+](=O)[O-])c(C(=O)CCl)c1F. The van der Waals surface area contributed by atoms with Crippen molar-refractivity contribution in [2.24, 2.45) is 0 Å². The number of Topliss-reactive ketones (excluding diaryl/α,β-unsaturated/α-hetero) is 1. The average Bonchev–Trinajstić information content (AvgIpc) is 2.20. The van der Waals surface area contributed by atoms with Gasteiger partial charge in [0.05, 0.1) is 10.8 Å². The number of carbonyl (C=O) groups is 1. The van der Waals surface area contributed by atoms with E-state index < -0.39 is 33.7 Å². The summed E-state index contributed by atoms with van der Waals surface area (Å²) >= 11 is 5.25. The van der Waals surface area contributed by atoms with Crippen LogP contribution in [0.2, 0.25) is 0 Å². The van der Waals surface area contributed by atoms with E-state index >= 15 is 0 Å². The maximum Gasteiger partial charge on any atom is 0.283 e. The summed E-state index contributed by atoms with van der Waals surface area (Å²) in [5.74, 6) is -2.15. The number of halogens is 2. The summed E-state index contributed by atoms with van der Waals surface area (Å²) < 4.78 is 13.5. The highest BCUT2D eigenvalue weighted by Crippen LogP contribution is 2.24. The van der Waals surface area contributed by atoms with Gasteiger partial charge in [-0.15, -0.1) is 11.6 Å². The number of aryl methyl sites for hydroxylation is 1. The summed E-state index contributed by atoms with van der Waals surface area (Å²) in [5, 5.41) is 10.5. The van der Waals surface area contributed by atoms with E-state index in [4.69, 9.17) is 11.6 Å². The summed E-state index contributed by atoms with van der Waals surface area (Å²) in [4.78, 5) is 21.0. The summed E-state index contributed by atoms with van der Waals surface area (Å²) in [6.07, 6.45) is 0. The van der Waals surface area contributed by atoms with Gasteiger partial charge < -0.3 is 0 Å². The van der Waals surface area contributed by atoms with Crippen molar-refractivity contribution in [2.45, 2.75) is 6.92 Å². The molecule has 0 amide bonds. The zero-order chi connectivity index (χ0) is 11.6. The van der Waals surface area contributed by atoms with Crippen LogP contribution in [0.5, 0.6) is 0 Å². The van der Waals surface area contributed by atoms with E-state index in [1.807, 2.05) is 0 Å². The van der Waals surface area contributed by atoms with Crippen molar-refractivity contribution in [3.05, 3.63) is 39.2 Å². The maximum atomic E-state index is 13.5. The van der Waals surface area contributed by atoms with E-state index in [1.165, 1.54) is 13.0 Å². The zero-order valence-corrected chi connectivity index (χ0v) is 8.55. The molecule has 4 nitrogen and oxygen atoms in total. The molecule has 0 atom stereocenters. The average molecular weight is 232 g/mol. The predicted octanol–water partition coefficient (Wildman–Crippen LogP) is 2.46. The minimum absolute atomic E-state index is 0.175. The first-order chi connectivity index (χ1) is 6.99. The van der Waals surface area contributed by atoms with Crippen LogP contribution in [-0.2, 0) is 0 Å². The van der Waals surface area contributed by atoms with Crippen molar-refractivity contribution < 1.29 is 14.1 Å². The molecule has 15 heavy (non-hydrogen) atoms. The molecular weight excluding hydrogens is 225 g/mol. The Balaban J connectivity index is 3.48. The van der Waals surface area contributed by atoms with Gasteiger partial charge in [0.2, 0.25) is 0 Å². The van der Waals surface area contributed by atoms with Gasteiger partial charge in [0.25, 0.3) is 5.69 Å². The molecule has 0 bridgehead atoms. The number of alkyl halides is 1. The quantitative estimate of drug-likeness (QED) is 0.347. The smallest absolute Gasteiger partial charge is 0.283 e. The molecule has 80 valence electrons. The van der Waals surface area contributed by atoms with E-state index in [-0.39, 0.29) is 5.56 Å². The molecule has 0 aromatic heterocycles. The molecule has 0 heterocycles. The molecule has 1 aromatic rings. The molecule has 0 aliphatic carbocycles. The Hall–Kier alpha value is -1.49. The van der Waals surface area contributed by atoms with Gasteiger partial charge in [0.15, 0.2) is 5.78 Å². The summed E-state index contributed by atoms with van der Waals surface area (Å²) in [6.45, 7) is 1.42. The van der Waals surface area contributed by atoms with E-state index in [1.54, 1.807) is 0 Å². The largest absolute Gasteiger partial charge is 0.292 e. The number of nitrogens with zero attached hydrogens (tertiary/aromatic N) is 1. The Kier molecular flexibility index (Phi) is 3.36. The van der Waals surface area contributed by atoms with Gasteiger partial charge in [-0.05, 0) is 18.6 Å². The van der Waals surface area contributed by atoms with Crippen molar-refractivity contribution in [3.8, 4) is 0 Å². The van der Waals surface area contributed by atoms with Crippen LogP contribution in [0.25, 0.3) is 0 Å². The Morgan fingerprint density at radius 3 is 2.67 bits per heavy atom. The summed E-state index contributed by atoms with van der Waals surface area (Å²) in [7, 11) is 0. The van der Waals surface area contributed by atoms with Crippen molar-refractivity contribution in [3.63, 3.8) is 0 Å². The van der Waals surface area contributed by atoms with Gasteiger partial charge in [-0.25, -0.2) is 4.39 Å². The summed E-state index contributed by atoms with van der Waals surface area (Å²) in [5.41, 5.74) is -0.923. The third-order valence-corrected chi connectivity index (χ3v) is 2.15. The van der Waals surface area contributed by atoms with Crippen LogP contribution in [-0.4, -0.2) is 16.6 Å². The first-order valence-electron chi connectivity index (χ1n) is 4.01. The van der Waals surface area contributed by atoms with Crippen LogP contribution in [0.4, 0.5) is 10.1 Å². The number of rotatable bonds is 3. The molecule has 1 rings (SSSR count). The Bertz CT molecular complexity index is 434. The number of nitro groups is 1. The Morgan fingerprint density at radius 1 is 1.60 bits per heavy atom. The normalized spacial score (nSPS) is 10.1. The molecule has 0 saturated heterocycles. The van der Waals surface area contributed by atoms with Crippen LogP contribution in [0.1, 0.15) is 15.9 Å². The lowest BCUT2D eigenvalue weighted by molar-refractivity contribution is -0.385. The Morgan fingerprint density at radius 2 is 2.20 bits per heavy atom. The van der Waals surface area contributed by atoms with Crippen molar-refractivity contribution >= 4 is 23.1 Å². The molecule has 0 aliphatic heterocycles. The highest BCUT2D eigenvalue weighted by atomic mass is 35.5. The van der Waals surface area contributed by atoms with E-state index in [2.05, 4.69) is 0 Å². The highest BCUT2D eigenvalue weighted by molar-refractivity contribution is 6.31. The molecular formula is C9H7ClFNO3. The fourth-order valence-corrected chi connectivity index (χ4v) is 1.29. The van der Waals surface area contributed by atoms with Gasteiger partial charge in [-0.1, -0.05) is 0 Å². The fraction of sp³-hybridized carbons (Fsp3) is 0.222. The molecule has 1 aromatic carbocycles. The first kappa shape index (κ1) is 11.6. The third kappa shape index (κ3) is 2.12. The first-order valence-corrected chi connectivity index (χ1v) is 4.55. The van der Waals surface area contributed by atoms with Crippen LogP contribution >= 0.6 is 11.6 Å². The van der Waals surface area contributed by atoms with Gasteiger partial charge in [-0.2, -0.15) is 0 Å². The molecule has 0 aliphatic rings. The second-order valence-electron chi connectivity index (χ2n) is 2.90. The fourth-order valence-electron chi connectivity index (χ4n) is 1.15. The lowest BCUT2D eigenvalue weighted by atomic mass is 10.1. The van der Waals surface area contributed by atoms with E-state index in [0.29, 0.717) is 0 Å². The van der Waals surface area contributed by atoms with Gasteiger partial charge in [0, 0.05) is 6.07 Å². The lowest BCUT2D eigenvalue weighted by Gasteiger charge is -2.03. The van der Waals surface area contributed by atoms with Crippen LogP contribution < -0.4 is 0 Å². The minimum Gasteiger partial charge on any atom is -0.292 e. The predicted molar refractivity (Wildman–Crippen MR) is 52.8 cm³/mol. The minimum atomic E-state index is -0.880. The number of ketones is 1. The number of nitro benzene ring substituents is 1. The van der Waals surface area contributed by atoms with Crippen molar-refractivity contribution in [1.82, 2.24) is 0 Å². The van der Waals surface area contributed by atoms with Crippen molar-refractivity contribution in [1.29, 1.82) is 0 Å². The second-order valence-corrected chi connectivity index (χ2v) is 3.17. The lowest BCUT2D eigenvalue weighted by Crippen LogP contribution is -2.09. The van der Waals surface area contributed by atoms with Gasteiger partial charge in [0.1, 0.15) is 11.4 Å². The number of carbonyl (C=O) groups excluding carboxylic acids is 1. The van der Waals surface area contributed by atoms with E-state index in [0.717, 1.165) is 6.07 Å². The molecule has 0 unspecified atom stereocenters. The molecule has 0 N–H and O–H groups in total. The molecule has 6 heteroatoms. The van der Waals surface area contributed by atoms with E-state index in [9.17, 15) is 19.3 Å². The van der Waals surface area contributed by atoms with Crippen LogP contribution in [0, 0.1) is 22.9 Å². The Labute approximate surface area is 89.8 Å². The third-order valence-electron chi connectivity index (χ3n) is 1.91. The van der Waals surface area contributed by atoms with Gasteiger partial charge in [-0.3, -0.25) is 14.9 Å². The molecule has 0 radical (unpaired) electrons. The number of hydrogen-bond acceptors (Lipinski definition) is 3. The number of hydrogen-bond donors (Lipinski definition) is 0. The zero-order valence-electron chi connectivity index (χ0n) is 7.79. The van der Waals surface area contributed by atoms with Gasteiger partial charge >= 0.3 is 0 Å².